The van der Waals surface area contributed by atoms with E-state index in [1.165, 1.54) is 12.1 Å². The molecule has 0 amide bonds. The third kappa shape index (κ3) is 3.35. The molecule has 0 fully saturated rings. The van der Waals surface area contributed by atoms with Crippen LogP contribution in [0.1, 0.15) is 18.1 Å². The van der Waals surface area contributed by atoms with Crippen LogP contribution in [0, 0.1) is 5.82 Å². The smallest absolute Gasteiger partial charge is 0.123 e. The van der Waals surface area contributed by atoms with Crippen LogP contribution >= 0.6 is 27.5 Å². The summed E-state index contributed by atoms with van der Waals surface area (Å²) in [4.78, 5) is 0. The highest BCUT2D eigenvalue weighted by Gasteiger charge is 2.25. The Kier molecular flexibility index (Phi) is 4.29. The van der Waals surface area contributed by atoms with Crippen LogP contribution in [0.25, 0.3) is 0 Å². The predicted molar refractivity (Wildman–Crippen MR) is 80.8 cm³/mol. The van der Waals surface area contributed by atoms with Gasteiger partial charge in [0.25, 0.3) is 0 Å². The van der Waals surface area contributed by atoms with Gasteiger partial charge in [0.1, 0.15) is 5.82 Å². The van der Waals surface area contributed by atoms with Crippen molar-refractivity contribution in [1.82, 2.24) is 0 Å². The van der Waals surface area contributed by atoms with E-state index in [1.54, 1.807) is 6.07 Å². The van der Waals surface area contributed by atoms with Gasteiger partial charge in [0, 0.05) is 15.0 Å². The Morgan fingerprint density at radius 2 is 1.95 bits per heavy atom. The van der Waals surface area contributed by atoms with Crippen LogP contribution < -0.4 is 5.73 Å². The van der Waals surface area contributed by atoms with Gasteiger partial charge in [-0.3, -0.25) is 0 Å². The first-order valence-electron chi connectivity index (χ1n) is 5.88. The van der Waals surface area contributed by atoms with E-state index in [4.69, 9.17) is 17.3 Å². The van der Waals surface area contributed by atoms with Crippen LogP contribution in [0.4, 0.5) is 4.39 Å². The van der Waals surface area contributed by atoms with E-state index in [1.807, 2.05) is 31.2 Å². The average molecular weight is 343 g/mol. The highest BCUT2D eigenvalue weighted by molar-refractivity contribution is 9.10. The summed E-state index contributed by atoms with van der Waals surface area (Å²) in [7, 11) is 0. The lowest BCUT2D eigenvalue weighted by Crippen LogP contribution is -2.36. The minimum atomic E-state index is -0.658. The largest absolute Gasteiger partial charge is 0.321 e. The van der Waals surface area contributed by atoms with Gasteiger partial charge in [-0.05, 0) is 48.7 Å². The van der Waals surface area contributed by atoms with Gasteiger partial charge in [0.05, 0.1) is 0 Å². The van der Waals surface area contributed by atoms with Gasteiger partial charge < -0.3 is 5.73 Å². The van der Waals surface area contributed by atoms with Crippen molar-refractivity contribution in [2.75, 3.05) is 0 Å². The first kappa shape index (κ1) is 14.5. The van der Waals surface area contributed by atoms with E-state index in [9.17, 15) is 4.39 Å². The summed E-state index contributed by atoms with van der Waals surface area (Å²) in [5.74, 6) is -0.270. The van der Waals surface area contributed by atoms with Crippen LogP contribution in [0.2, 0.25) is 5.02 Å². The fourth-order valence-corrected chi connectivity index (χ4v) is 2.83. The third-order valence-corrected chi connectivity index (χ3v) is 4.16. The molecular weight excluding hydrogens is 329 g/mol. The molecule has 2 aromatic carbocycles. The van der Waals surface area contributed by atoms with Crippen LogP contribution in [0.5, 0.6) is 0 Å². The van der Waals surface area contributed by atoms with Crippen LogP contribution in [0.3, 0.4) is 0 Å². The lowest BCUT2D eigenvalue weighted by molar-refractivity contribution is 0.489. The summed E-state index contributed by atoms with van der Waals surface area (Å²) in [6, 6.07) is 12.1. The second kappa shape index (κ2) is 5.61. The van der Waals surface area contributed by atoms with Gasteiger partial charge in [-0.2, -0.15) is 0 Å². The molecule has 0 aliphatic rings. The topological polar surface area (TPSA) is 26.0 Å². The lowest BCUT2D eigenvalue weighted by Gasteiger charge is -2.27. The molecule has 0 aromatic heterocycles. The Hall–Kier alpha value is -0.900. The molecule has 0 aliphatic heterocycles. The van der Waals surface area contributed by atoms with E-state index >= 15 is 0 Å². The standard InChI is InChI=1S/C15H14BrClFN/c1-15(19,12-4-2-3-5-14(12)17)9-10-8-11(18)6-7-13(10)16/h2-8H,9,19H2,1H3. The molecule has 0 aliphatic carbocycles. The monoisotopic (exact) mass is 341 g/mol. The molecule has 2 N–H and O–H groups in total. The van der Waals surface area contributed by atoms with E-state index < -0.39 is 5.54 Å². The van der Waals surface area contributed by atoms with Crippen molar-refractivity contribution in [3.05, 3.63) is 68.9 Å². The molecule has 0 spiro atoms. The third-order valence-electron chi connectivity index (χ3n) is 3.05. The Bertz CT molecular complexity index is 598. The summed E-state index contributed by atoms with van der Waals surface area (Å²) in [5.41, 5.74) is 7.38. The molecule has 1 atom stereocenters. The predicted octanol–water partition coefficient (Wildman–Crippen LogP) is 4.66. The molecule has 0 saturated heterocycles. The van der Waals surface area contributed by atoms with E-state index in [0.29, 0.717) is 11.4 Å². The van der Waals surface area contributed by atoms with Crippen molar-refractivity contribution in [3.63, 3.8) is 0 Å². The quantitative estimate of drug-likeness (QED) is 0.862. The molecule has 2 aromatic rings. The van der Waals surface area contributed by atoms with Crippen LogP contribution in [-0.2, 0) is 12.0 Å². The Balaban J connectivity index is 2.36. The normalized spacial score (nSPS) is 14.2. The summed E-state index contributed by atoms with van der Waals surface area (Å²) in [5, 5.41) is 0.625. The number of hydrogen-bond acceptors (Lipinski definition) is 1. The zero-order valence-corrected chi connectivity index (χ0v) is 12.8. The lowest BCUT2D eigenvalue weighted by atomic mass is 9.86. The van der Waals surface area contributed by atoms with Gasteiger partial charge in [0.2, 0.25) is 0 Å². The number of nitrogens with two attached hydrogens (primary N) is 1. The fourth-order valence-electron chi connectivity index (χ4n) is 2.09. The average Bonchev–Trinajstić information content (AvgIpc) is 2.34. The minimum Gasteiger partial charge on any atom is -0.321 e. The molecule has 0 radical (unpaired) electrons. The molecule has 0 saturated carbocycles. The maximum absolute atomic E-state index is 13.3. The maximum Gasteiger partial charge on any atom is 0.123 e. The summed E-state index contributed by atoms with van der Waals surface area (Å²) in [6.45, 7) is 1.89. The number of rotatable bonds is 3. The highest BCUT2D eigenvalue weighted by Crippen LogP contribution is 2.31. The zero-order valence-electron chi connectivity index (χ0n) is 10.5. The fraction of sp³-hybridized carbons (Fsp3) is 0.200. The molecule has 4 heteroatoms. The molecule has 100 valence electrons. The molecule has 1 unspecified atom stereocenters. The van der Waals surface area contributed by atoms with Crippen LogP contribution in [0.15, 0.2) is 46.9 Å². The van der Waals surface area contributed by atoms with Crippen LogP contribution in [-0.4, -0.2) is 0 Å². The van der Waals surface area contributed by atoms with Crippen molar-refractivity contribution in [3.8, 4) is 0 Å². The van der Waals surface area contributed by atoms with Crippen molar-refractivity contribution >= 4 is 27.5 Å². The van der Waals surface area contributed by atoms with Crippen molar-refractivity contribution in [1.29, 1.82) is 0 Å². The maximum atomic E-state index is 13.3. The highest BCUT2D eigenvalue weighted by atomic mass is 79.9. The molecule has 2 rings (SSSR count). The van der Waals surface area contributed by atoms with Crippen molar-refractivity contribution in [2.45, 2.75) is 18.9 Å². The molecular formula is C15H14BrClFN. The van der Waals surface area contributed by atoms with Gasteiger partial charge in [-0.25, -0.2) is 4.39 Å². The van der Waals surface area contributed by atoms with E-state index in [2.05, 4.69) is 15.9 Å². The van der Waals surface area contributed by atoms with E-state index in [-0.39, 0.29) is 5.82 Å². The second-order valence-electron chi connectivity index (χ2n) is 4.81. The molecule has 0 bridgehead atoms. The van der Waals surface area contributed by atoms with E-state index in [0.717, 1.165) is 15.6 Å². The molecule has 1 nitrogen and oxygen atoms in total. The first-order chi connectivity index (χ1) is 8.90. The summed E-state index contributed by atoms with van der Waals surface area (Å²) >= 11 is 9.60. The van der Waals surface area contributed by atoms with Gasteiger partial charge in [0.15, 0.2) is 0 Å². The Morgan fingerprint density at radius 1 is 1.26 bits per heavy atom. The summed E-state index contributed by atoms with van der Waals surface area (Å²) in [6.07, 6.45) is 0.495. The number of hydrogen-bond donors (Lipinski definition) is 1. The molecule has 0 heterocycles. The number of halogens is 3. The van der Waals surface area contributed by atoms with Gasteiger partial charge in [-0.15, -0.1) is 0 Å². The second-order valence-corrected chi connectivity index (χ2v) is 6.07. The van der Waals surface area contributed by atoms with Crippen molar-refractivity contribution in [2.24, 2.45) is 5.73 Å². The summed E-state index contributed by atoms with van der Waals surface area (Å²) < 4.78 is 14.2. The Morgan fingerprint density at radius 3 is 2.63 bits per heavy atom. The molecule has 19 heavy (non-hydrogen) atoms. The Labute approximate surface area is 125 Å². The van der Waals surface area contributed by atoms with Crippen molar-refractivity contribution < 1.29 is 4.39 Å². The minimum absolute atomic E-state index is 0.270. The van der Waals surface area contributed by atoms with Gasteiger partial charge >= 0.3 is 0 Å². The SMILES string of the molecule is CC(N)(Cc1cc(F)ccc1Br)c1ccccc1Cl. The zero-order chi connectivity index (χ0) is 14.0. The number of benzene rings is 2. The first-order valence-corrected chi connectivity index (χ1v) is 7.05. The van der Waals surface area contributed by atoms with Gasteiger partial charge in [-0.1, -0.05) is 45.7 Å².